The predicted octanol–water partition coefficient (Wildman–Crippen LogP) is 1.01. The lowest BCUT2D eigenvalue weighted by Crippen LogP contribution is -2.40. The first-order chi connectivity index (χ1) is 11.3. The van der Waals surface area contributed by atoms with Crippen LogP contribution >= 0.6 is 0 Å². The Kier molecular flexibility index (Phi) is 4.13. The molecular formula is C16H24N6O. The minimum atomic E-state index is -0.457. The van der Waals surface area contributed by atoms with E-state index in [1.165, 1.54) is 6.42 Å². The van der Waals surface area contributed by atoms with Crippen LogP contribution in [-0.2, 0) is 13.0 Å². The first-order valence-electron chi connectivity index (χ1n) is 8.56. The van der Waals surface area contributed by atoms with Crippen molar-refractivity contribution in [2.75, 3.05) is 19.6 Å². The summed E-state index contributed by atoms with van der Waals surface area (Å²) in [4.78, 5) is 9.76. The Hall–Kier alpha value is -1.73. The molecule has 2 aromatic heterocycles. The number of rotatable bonds is 4. The van der Waals surface area contributed by atoms with E-state index in [0.29, 0.717) is 17.7 Å². The first-order valence-corrected chi connectivity index (χ1v) is 8.56. The third-order valence-corrected chi connectivity index (χ3v) is 5.32. The second-order valence-corrected chi connectivity index (χ2v) is 6.86. The second kappa shape index (κ2) is 6.41. The van der Waals surface area contributed by atoms with Gasteiger partial charge in [0.05, 0.1) is 0 Å². The van der Waals surface area contributed by atoms with E-state index in [1.807, 2.05) is 6.33 Å². The molecule has 2 unspecified atom stereocenters. The van der Waals surface area contributed by atoms with Crippen molar-refractivity contribution in [1.29, 1.82) is 0 Å². The minimum Gasteiger partial charge on any atom is -0.385 e. The van der Waals surface area contributed by atoms with Crippen LogP contribution in [0.1, 0.15) is 37.0 Å². The van der Waals surface area contributed by atoms with E-state index >= 15 is 0 Å². The standard InChI is InChI=1S/C16H24N6O/c23-15(16-17-5-6-18-16)13-3-7-21(8-4-13)9-12-1-2-14-20-19-11-22(14)10-12/h5-6,11-13,15,23H,1-4,7-10H2,(H,17,18). The summed E-state index contributed by atoms with van der Waals surface area (Å²) in [5.41, 5.74) is 0. The molecule has 2 aliphatic heterocycles. The lowest BCUT2D eigenvalue weighted by atomic mass is 9.89. The molecule has 7 nitrogen and oxygen atoms in total. The van der Waals surface area contributed by atoms with E-state index in [1.54, 1.807) is 12.4 Å². The summed E-state index contributed by atoms with van der Waals surface area (Å²) in [7, 11) is 0. The predicted molar refractivity (Wildman–Crippen MR) is 84.5 cm³/mol. The summed E-state index contributed by atoms with van der Waals surface area (Å²) in [6, 6.07) is 0. The molecule has 0 amide bonds. The summed E-state index contributed by atoms with van der Waals surface area (Å²) in [5, 5.41) is 18.6. The van der Waals surface area contributed by atoms with Crippen molar-refractivity contribution >= 4 is 0 Å². The normalized spacial score (nSPS) is 24.5. The molecule has 0 radical (unpaired) electrons. The van der Waals surface area contributed by atoms with E-state index in [-0.39, 0.29) is 0 Å². The third kappa shape index (κ3) is 3.16. The number of aromatic amines is 1. The van der Waals surface area contributed by atoms with Gasteiger partial charge >= 0.3 is 0 Å². The topological polar surface area (TPSA) is 82.9 Å². The van der Waals surface area contributed by atoms with Gasteiger partial charge in [-0.15, -0.1) is 10.2 Å². The highest BCUT2D eigenvalue weighted by Crippen LogP contribution is 2.30. The molecular weight excluding hydrogens is 292 g/mol. The summed E-state index contributed by atoms with van der Waals surface area (Å²) >= 11 is 0. The highest BCUT2D eigenvalue weighted by Gasteiger charge is 2.29. The Balaban J connectivity index is 1.27. The Bertz CT molecular complexity index is 616. The fourth-order valence-corrected chi connectivity index (χ4v) is 3.96. The number of aromatic nitrogens is 5. The van der Waals surface area contributed by atoms with Crippen molar-refractivity contribution in [2.45, 2.75) is 38.3 Å². The van der Waals surface area contributed by atoms with Gasteiger partial charge in [0.15, 0.2) is 0 Å². The van der Waals surface area contributed by atoms with E-state index < -0.39 is 6.10 Å². The van der Waals surface area contributed by atoms with Gasteiger partial charge in [0.2, 0.25) is 0 Å². The number of hydrogen-bond donors (Lipinski definition) is 2. The Labute approximate surface area is 135 Å². The van der Waals surface area contributed by atoms with Gasteiger partial charge in [-0.25, -0.2) is 4.98 Å². The number of imidazole rings is 1. The van der Waals surface area contributed by atoms with Gasteiger partial charge < -0.3 is 19.6 Å². The van der Waals surface area contributed by atoms with Gasteiger partial charge in [-0.3, -0.25) is 0 Å². The number of aryl methyl sites for hydroxylation is 1. The largest absolute Gasteiger partial charge is 0.385 e. The molecule has 4 heterocycles. The third-order valence-electron chi connectivity index (χ3n) is 5.32. The molecule has 1 saturated heterocycles. The number of piperidine rings is 1. The zero-order chi connectivity index (χ0) is 15.6. The molecule has 7 heteroatoms. The van der Waals surface area contributed by atoms with Gasteiger partial charge in [0, 0.05) is 31.9 Å². The average molecular weight is 316 g/mol. The van der Waals surface area contributed by atoms with Crippen LogP contribution in [0.15, 0.2) is 18.7 Å². The lowest BCUT2D eigenvalue weighted by molar-refractivity contribution is 0.0472. The summed E-state index contributed by atoms with van der Waals surface area (Å²) in [5.74, 6) is 2.83. The maximum atomic E-state index is 10.4. The molecule has 0 saturated carbocycles. The quantitative estimate of drug-likeness (QED) is 0.879. The van der Waals surface area contributed by atoms with Crippen molar-refractivity contribution in [3.8, 4) is 0 Å². The summed E-state index contributed by atoms with van der Waals surface area (Å²) in [6.07, 6.45) is 9.19. The first kappa shape index (κ1) is 14.8. The highest BCUT2D eigenvalue weighted by molar-refractivity contribution is 4.96. The van der Waals surface area contributed by atoms with Gasteiger partial charge in [0.25, 0.3) is 0 Å². The average Bonchev–Trinajstić information content (AvgIpc) is 3.26. The van der Waals surface area contributed by atoms with Crippen molar-refractivity contribution in [1.82, 2.24) is 29.6 Å². The number of nitrogens with one attached hydrogen (secondary N) is 1. The van der Waals surface area contributed by atoms with Crippen molar-refractivity contribution in [2.24, 2.45) is 11.8 Å². The highest BCUT2D eigenvalue weighted by atomic mass is 16.3. The van der Waals surface area contributed by atoms with Gasteiger partial charge in [-0.1, -0.05) is 0 Å². The molecule has 124 valence electrons. The smallest absolute Gasteiger partial charge is 0.135 e. The monoisotopic (exact) mass is 316 g/mol. The van der Waals surface area contributed by atoms with Crippen LogP contribution in [0.4, 0.5) is 0 Å². The van der Waals surface area contributed by atoms with Gasteiger partial charge in [-0.2, -0.15) is 0 Å². The number of aliphatic hydroxyl groups excluding tert-OH is 1. The second-order valence-electron chi connectivity index (χ2n) is 6.86. The molecule has 0 aromatic carbocycles. The van der Waals surface area contributed by atoms with Crippen LogP contribution in [0.25, 0.3) is 0 Å². The molecule has 2 atom stereocenters. The maximum absolute atomic E-state index is 10.4. The fourth-order valence-electron chi connectivity index (χ4n) is 3.96. The van der Waals surface area contributed by atoms with Crippen molar-refractivity contribution < 1.29 is 5.11 Å². The van der Waals surface area contributed by atoms with E-state index in [9.17, 15) is 5.11 Å². The molecule has 2 aromatic rings. The molecule has 1 fully saturated rings. The van der Waals surface area contributed by atoms with Crippen LogP contribution in [0, 0.1) is 11.8 Å². The number of likely N-dealkylation sites (tertiary alicyclic amines) is 1. The van der Waals surface area contributed by atoms with Gasteiger partial charge in [-0.05, 0) is 44.2 Å². The SMILES string of the molecule is OC(c1ncc[nH]1)C1CCN(CC2CCc3nncn3C2)CC1. The van der Waals surface area contributed by atoms with Crippen LogP contribution in [0.5, 0.6) is 0 Å². The van der Waals surface area contributed by atoms with E-state index in [2.05, 4.69) is 29.6 Å². The number of aliphatic hydroxyl groups is 1. The number of H-pyrrole nitrogens is 1. The van der Waals surface area contributed by atoms with E-state index in [0.717, 1.165) is 51.3 Å². The van der Waals surface area contributed by atoms with Crippen molar-refractivity contribution in [3.05, 3.63) is 30.4 Å². The van der Waals surface area contributed by atoms with Crippen LogP contribution in [0.2, 0.25) is 0 Å². The molecule has 2 N–H and O–H groups in total. The van der Waals surface area contributed by atoms with Crippen LogP contribution < -0.4 is 0 Å². The molecule has 4 rings (SSSR count). The Morgan fingerprint density at radius 1 is 1.30 bits per heavy atom. The Morgan fingerprint density at radius 3 is 2.96 bits per heavy atom. The minimum absolute atomic E-state index is 0.313. The molecule has 0 bridgehead atoms. The fraction of sp³-hybridized carbons (Fsp3) is 0.688. The Morgan fingerprint density at radius 2 is 2.17 bits per heavy atom. The number of nitrogens with zero attached hydrogens (tertiary/aromatic N) is 5. The van der Waals surface area contributed by atoms with Crippen LogP contribution in [-0.4, -0.2) is 54.4 Å². The zero-order valence-electron chi connectivity index (χ0n) is 13.3. The van der Waals surface area contributed by atoms with Crippen molar-refractivity contribution in [3.63, 3.8) is 0 Å². The van der Waals surface area contributed by atoms with Gasteiger partial charge in [0.1, 0.15) is 24.1 Å². The zero-order valence-corrected chi connectivity index (χ0v) is 13.3. The van der Waals surface area contributed by atoms with Crippen LogP contribution in [0.3, 0.4) is 0 Å². The lowest BCUT2D eigenvalue weighted by Gasteiger charge is -2.36. The summed E-state index contributed by atoms with van der Waals surface area (Å²) in [6.45, 7) is 4.31. The maximum Gasteiger partial charge on any atom is 0.135 e. The molecule has 2 aliphatic rings. The number of hydrogen-bond acceptors (Lipinski definition) is 5. The molecule has 0 aliphatic carbocycles. The van der Waals surface area contributed by atoms with E-state index in [4.69, 9.17) is 0 Å². The molecule has 0 spiro atoms. The number of fused-ring (bicyclic) bond motifs is 1. The molecule has 23 heavy (non-hydrogen) atoms. The summed E-state index contributed by atoms with van der Waals surface area (Å²) < 4.78 is 2.20.